The van der Waals surface area contributed by atoms with E-state index in [4.69, 9.17) is 4.98 Å². The normalized spacial score (nSPS) is 11.9. The molecule has 37 heavy (non-hydrogen) atoms. The van der Waals surface area contributed by atoms with E-state index in [0.717, 1.165) is 28.4 Å². The molecule has 0 saturated carbocycles. The van der Waals surface area contributed by atoms with Crippen molar-refractivity contribution in [3.63, 3.8) is 0 Å². The average Bonchev–Trinajstić information content (AvgIpc) is 3.51. The number of aromatic amines is 2. The standard InChI is InChI=1S/C25H19FN8O2S/c1-37(35,36)30-12-14-8-16(10-17(26)9-14)22-24-19(4-7-28-22)31-25(32-24)23-18-11-20(15-2-5-27-6-3-15)29-13-21(18)33-34-23/h2-11,13,30H,12H2,1H3,(H,31,32)(H,33,34). The predicted octanol–water partition coefficient (Wildman–Crippen LogP) is 3.81. The lowest BCUT2D eigenvalue weighted by atomic mass is 10.1. The Labute approximate surface area is 210 Å². The maximum atomic E-state index is 14.5. The van der Waals surface area contributed by atoms with E-state index in [1.54, 1.807) is 36.9 Å². The quantitative estimate of drug-likeness (QED) is 0.307. The van der Waals surface area contributed by atoms with Crippen LogP contribution in [-0.2, 0) is 16.6 Å². The summed E-state index contributed by atoms with van der Waals surface area (Å²) in [6.45, 7) is -0.0432. The van der Waals surface area contributed by atoms with E-state index in [9.17, 15) is 12.8 Å². The Hall–Kier alpha value is -4.55. The molecule has 5 heterocycles. The van der Waals surface area contributed by atoms with Gasteiger partial charge in [-0.3, -0.25) is 20.1 Å². The number of H-pyrrole nitrogens is 2. The summed E-state index contributed by atoms with van der Waals surface area (Å²) < 4.78 is 39.8. The number of benzene rings is 1. The SMILES string of the molecule is CS(=O)(=O)NCc1cc(F)cc(-c2nccc3[nH]c(-c4n[nH]c5cnc(-c6ccncc6)cc45)nc23)c1. The summed E-state index contributed by atoms with van der Waals surface area (Å²) in [5.41, 5.74) is 5.67. The summed E-state index contributed by atoms with van der Waals surface area (Å²) in [6.07, 6.45) is 7.79. The molecule has 0 bridgehead atoms. The van der Waals surface area contributed by atoms with Gasteiger partial charge in [0.2, 0.25) is 10.0 Å². The number of aromatic nitrogens is 7. The largest absolute Gasteiger partial charge is 0.336 e. The first kappa shape index (κ1) is 22.9. The van der Waals surface area contributed by atoms with E-state index in [0.29, 0.717) is 39.4 Å². The van der Waals surface area contributed by atoms with Crippen LogP contribution < -0.4 is 4.72 Å². The number of hydrogen-bond acceptors (Lipinski definition) is 7. The molecule has 0 saturated heterocycles. The van der Waals surface area contributed by atoms with E-state index < -0.39 is 15.8 Å². The summed E-state index contributed by atoms with van der Waals surface area (Å²) in [5.74, 6) is 0.00421. The Balaban J connectivity index is 1.44. The Morgan fingerprint density at radius 3 is 2.59 bits per heavy atom. The molecule has 3 N–H and O–H groups in total. The van der Waals surface area contributed by atoms with E-state index in [-0.39, 0.29) is 6.54 Å². The van der Waals surface area contributed by atoms with E-state index >= 15 is 0 Å². The Morgan fingerprint density at radius 2 is 1.78 bits per heavy atom. The van der Waals surface area contributed by atoms with Gasteiger partial charge in [0.05, 0.1) is 34.9 Å². The van der Waals surface area contributed by atoms with Crippen LogP contribution >= 0.6 is 0 Å². The smallest absolute Gasteiger partial charge is 0.209 e. The van der Waals surface area contributed by atoms with Crippen molar-refractivity contribution in [3.05, 3.63) is 78.6 Å². The third kappa shape index (κ3) is 4.55. The van der Waals surface area contributed by atoms with Gasteiger partial charge in [-0.2, -0.15) is 5.10 Å². The highest BCUT2D eigenvalue weighted by Gasteiger charge is 2.17. The monoisotopic (exact) mass is 514 g/mol. The van der Waals surface area contributed by atoms with Gasteiger partial charge < -0.3 is 4.98 Å². The molecule has 0 atom stereocenters. The molecule has 1 aromatic carbocycles. The van der Waals surface area contributed by atoms with Gasteiger partial charge in [-0.15, -0.1) is 0 Å². The molecule has 0 unspecified atom stereocenters. The Kier molecular flexibility index (Phi) is 5.46. The zero-order valence-electron chi connectivity index (χ0n) is 19.4. The van der Waals surface area contributed by atoms with Crippen molar-refractivity contribution in [2.45, 2.75) is 6.54 Å². The number of fused-ring (bicyclic) bond motifs is 2. The van der Waals surface area contributed by atoms with Gasteiger partial charge in [-0.05, 0) is 48.0 Å². The number of nitrogens with one attached hydrogen (secondary N) is 3. The van der Waals surface area contributed by atoms with E-state index in [1.807, 2.05) is 18.2 Å². The first-order valence-electron chi connectivity index (χ1n) is 11.2. The summed E-state index contributed by atoms with van der Waals surface area (Å²) >= 11 is 0. The topological polar surface area (TPSA) is 142 Å². The molecular formula is C25H19FN8O2S. The molecule has 0 radical (unpaired) electrons. The number of pyridine rings is 3. The van der Waals surface area contributed by atoms with Gasteiger partial charge in [0.25, 0.3) is 0 Å². The summed E-state index contributed by atoms with van der Waals surface area (Å²) in [4.78, 5) is 21.1. The molecule has 6 rings (SSSR count). The van der Waals surface area contributed by atoms with Crippen LogP contribution in [0.25, 0.3) is 56.0 Å². The zero-order chi connectivity index (χ0) is 25.6. The van der Waals surface area contributed by atoms with Crippen molar-refractivity contribution in [1.29, 1.82) is 0 Å². The molecule has 184 valence electrons. The highest BCUT2D eigenvalue weighted by molar-refractivity contribution is 7.88. The molecular weight excluding hydrogens is 495 g/mol. The molecule has 0 aliphatic carbocycles. The second-order valence-corrected chi connectivity index (χ2v) is 10.3. The molecule has 10 nitrogen and oxygen atoms in total. The van der Waals surface area contributed by atoms with Crippen molar-refractivity contribution < 1.29 is 12.8 Å². The average molecular weight is 515 g/mol. The van der Waals surface area contributed by atoms with Crippen molar-refractivity contribution in [2.24, 2.45) is 0 Å². The van der Waals surface area contributed by atoms with Gasteiger partial charge in [-0.1, -0.05) is 0 Å². The summed E-state index contributed by atoms with van der Waals surface area (Å²) in [7, 11) is -3.43. The first-order chi connectivity index (χ1) is 17.8. The number of nitrogens with zero attached hydrogens (tertiary/aromatic N) is 5. The van der Waals surface area contributed by atoms with Gasteiger partial charge in [-0.25, -0.2) is 22.5 Å². The highest BCUT2D eigenvalue weighted by atomic mass is 32.2. The summed E-state index contributed by atoms with van der Waals surface area (Å²) in [5, 5.41) is 8.28. The van der Waals surface area contributed by atoms with Gasteiger partial charge in [0.1, 0.15) is 17.0 Å². The fourth-order valence-corrected chi connectivity index (χ4v) is 4.57. The Bertz CT molecular complexity index is 1880. The van der Waals surface area contributed by atoms with Crippen molar-refractivity contribution in [2.75, 3.05) is 6.26 Å². The number of rotatable bonds is 6. The second kappa shape index (κ2) is 8.84. The third-order valence-corrected chi connectivity index (χ3v) is 6.49. The number of sulfonamides is 1. The molecule has 0 spiro atoms. The van der Waals surface area contributed by atoms with Crippen molar-refractivity contribution in [1.82, 2.24) is 39.8 Å². The lowest BCUT2D eigenvalue weighted by Crippen LogP contribution is -2.21. The molecule has 0 fully saturated rings. The number of hydrogen-bond donors (Lipinski definition) is 3. The Morgan fingerprint density at radius 1 is 0.946 bits per heavy atom. The molecule has 0 aliphatic rings. The predicted molar refractivity (Wildman–Crippen MR) is 137 cm³/mol. The number of imidazole rings is 1. The van der Waals surface area contributed by atoms with E-state index in [1.165, 1.54) is 12.1 Å². The van der Waals surface area contributed by atoms with Crippen molar-refractivity contribution in [3.8, 4) is 34.0 Å². The van der Waals surface area contributed by atoms with Gasteiger partial charge >= 0.3 is 0 Å². The molecule has 6 aromatic rings. The van der Waals surface area contributed by atoms with Crippen LogP contribution in [0.15, 0.2) is 67.3 Å². The van der Waals surface area contributed by atoms with Crippen LogP contribution in [0.1, 0.15) is 5.56 Å². The van der Waals surface area contributed by atoms with E-state index in [2.05, 4.69) is 34.9 Å². The van der Waals surface area contributed by atoms with Crippen LogP contribution in [0.3, 0.4) is 0 Å². The second-order valence-electron chi connectivity index (χ2n) is 8.51. The third-order valence-electron chi connectivity index (χ3n) is 5.82. The molecule has 5 aromatic heterocycles. The van der Waals surface area contributed by atoms with Gasteiger partial charge in [0, 0.05) is 41.6 Å². The highest BCUT2D eigenvalue weighted by Crippen LogP contribution is 2.32. The molecule has 12 heteroatoms. The minimum absolute atomic E-state index is 0.0432. The summed E-state index contributed by atoms with van der Waals surface area (Å²) in [6, 6.07) is 11.8. The van der Waals surface area contributed by atoms with Crippen LogP contribution in [0.5, 0.6) is 0 Å². The fourth-order valence-electron chi connectivity index (χ4n) is 4.14. The molecule has 0 aliphatic heterocycles. The maximum Gasteiger partial charge on any atom is 0.209 e. The van der Waals surface area contributed by atoms with Crippen LogP contribution in [0, 0.1) is 5.82 Å². The lowest BCUT2D eigenvalue weighted by Gasteiger charge is -2.07. The minimum Gasteiger partial charge on any atom is -0.336 e. The van der Waals surface area contributed by atoms with Crippen LogP contribution in [0.4, 0.5) is 4.39 Å². The lowest BCUT2D eigenvalue weighted by molar-refractivity contribution is 0.586. The fraction of sp³-hybridized carbons (Fsp3) is 0.0800. The van der Waals surface area contributed by atoms with Crippen molar-refractivity contribution >= 4 is 32.0 Å². The maximum absolute atomic E-state index is 14.5. The first-order valence-corrected chi connectivity index (χ1v) is 13.1. The van der Waals surface area contributed by atoms with Crippen LogP contribution in [-0.4, -0.2) is 49.8 Å². The van der Waals surface area contributed by atoms with Crippen LogP contribution in [0.2, 0.25) is 0 Å². The minimum atomic E-state index is -3.43. The number of halogens is 1. The molecule has 0 amide bonds. The zero-order valence-corrected chi connectivity index (χ0v) is 20.2. The van der Waals surface area contributed by atoms with Gasteiger partial charge in [0.15, 0.2) is 5.82 Å².